The Balaban J connectivity index is 2.10. The third-order valence-electron chi connectivity index (χ3n) is 3.72. The molecule has 2 rings (SSSR count). The molecule has 1 atom stereocenters. The fourth-order valence-corrected chi connectivity index (χ4v) is 2.99. The SMILES string of the molecule is CCNC(=NCc1ccccc1NS(C)(=O)=O)NCC(C)(O)c1ccco1. The van der Waals surface area contributed by atoms with Crippen molar-refractivity contribution in [3.63, 3.8) is 0 Å². The summed E-state index contributed by atoms with van der Waals surface area (Å²) in [4.78, 5) is 4.48. The van der Waals surface area contributed by atoms with Crippen molar-refractivity contribution in [2.24, 2.45) is 4.99 Å². The predicted octanol–water partition coefficient (Wildman–Crippen LogP) is 1.61. The molecule has 0 amide bonds. The fourth-order valence-electron chi connectivity index (χ4n) is 2.39. The minimum absolute atomic E-state index is 0.190. The van der Waals surface area contributed by atoms with Gasteiger partial charge in [0.05, 0.1) is 31.3 Å². The number of hydrogen-bond acceptors (Lipinski definition) is 5. The Hall–Kier alpha value is -2.52. The monoisotopic (exact) mass is 394 g/mol. The highest BCUT2D eigenvalue weighted by atomic mass is 32.2. The topological polar surface area (TPSA) is 116 Å². The molecule has 0 aliphatic heterocycles. The van der Waals surface area contributed by atoms with Crippen LogP contribution in [-0.4, -0.2) is 38.8 Å². The van der Waals surface area contributed by atoms with Crippen LogP contribution in [0.1, 0.15) is 25.2 Å². The standard InChI is InChI=1S/C18H26N4O4S/c1-4-19-17(21-13-18(2,23)16-10-7-11-26-16)20-12-14-8-5-6-9-15(14)22-27(3,24)25/h5-11,22-23H,4,12-13H2,1-3H3,(H2,19,20,21). The summed E-state index contributed by atoms with van der Waals surface area (Å²) in [6.45, 7) is 4.67. The Bertz CT molecular complexity index is 861. The number of sulfonamides is 1. The van der Waals surface area contributed by atoms with Gasteiger partial charge < -0.3 is 20.2 Å². The Morgan fingerprint density at radius 2 is 1.96 bits per heavy atom. The minimum atomic E-state index is -3.38. The van der Waals surface area contributed by atoms with Gasteiger partial charge in [-0.05, 0) is 37.6 Å². The lowest BCUT2D eigenvalue weighted by molar-refractivity contribution is 0.0386. The van der Waals surface area contributed by atoms with Gasteiger partial charge in [-0.3, -0.25) is 4.72 Å². The molecule has 0 bridgehead atoms. The maximum Gasteiger partial charge on any atom is 0.229 e. The Labute approximate surface area is 159 Å². The lowest BCUT2D eigenvalue weighted by Crippen LogP contribution is -2.44. The molecule has 0 radical (unpaired) electrons. The summed E-state index contributed by atoms with van der Waals surface area (Å²) in [7, 11) is -3.38. The van der Waals surface area contributed by atoms with E-state index in [1.807, 2.05) is 13.0 Å². The molecule has 27 heavy (non-hydrogen) atoms. The van der Waals surface area contributed by atoms with Gasteiger partial charge in [-0.2, -0.15) is 0 Å². The highest BCUT2D eigenvalue weighted by molar-refractivity contribution is 7.92. The summed E-state index contributed by atoms with van der Waals surface area (Å²) < 4.78 is 30.8. The van der Waals surface area contributed by atoms with Crippen LogP contribution in [0.3, 0.4) is 0 Å². The number of guanidine groups is 1. The van der Waals surface area contributed by atoms with E-state index in [9.17, 15) is 13.5 Å². The summed E-state index contributed by atoms with van der Waals surface area (Å²) in [5.74, 6) is 0.951. The lowest BCUT2D eigenvalue weighted by atomic mass is 10.0. The zero-order valence-corrected chi connectivity index (χ0v) is 16.5. The van der Waals surface area contributed by atoms with E-state index in [2.05, 4.69) is 20.3 Å². The van der Waals surface area contributed by atoms with Gasteiger partial charge in [0.15, 0.2) is 5.96 Å². The van der Waals surface area contributed by atoms with Crippen LogP contribution in [0.15, 0.2) is 52.1 Å². The van der Waals surface area contributed by atoms with Gasteiger partial charge in [-0.1, -0.05) is 18.2 Å². The van der Waals surface area contributed by atoms with E-state index < -0.39 is 15.6 Å². The summed E-state index contributed by atoms with van der Waals surface area (Å²) >= 11 is 0. The van der Waals surface area contributed by atoms with E-state index in [-0.39, 0.29) is 13.1 Å². The third kappa shape index (κ3) is 6.61. The normalized spacial score (nSPS) is 14.4. The van der Waals surface area contributed by atoms with E-state index in [0.29, 0.717) is 24.0 Å². The quantitative estimate of drug-likeness (QED) is 0.399. The smallest absolute Gasteiger partial charge is 0.229 e. The number of furan rings is 1. The van der Waals surface area contributed by atoms with Gasteiger partial charge in [-0.15, -0.1) is 0 Å². The van der Waals surface area contributed by atoms with Crippen LogP contribution in [0.5, 0.6) is 0 Å². The molecule has 0 fully saturated rings. The first-order valence-corrected chi connectivity index (χ1v) is 10.4. The second-order valence-corrected chi connectivity index (χ2v) is 8.08. The Morgan fingerprint density at radius 1 is 1.22 bits per heavy atom. The molecule has 0 saturated carbocycles. The number of hydrogen-bond donors (Lipinski definition) is 4. The molecular weight excluding hydrogens is 368 g/mol. The summed E-state index contributed by atoms with van der Waals surface area (Å²) in [6.07, 6.45) is 2.62. The van der Waals surface area contributed by atoms with Gasteiger partial charge in [-0.25, -0.2) is 13.4 Å². The van der Waals surface area contributed by atoms with Crippen LogP contribution in [0.25, 0.3) is 0 Å². The Morgan fingerprint density at radius 3 is 2.59 bits per heavy atom. The molecule has 1 aromatic carbocycles. The molecule has 9 heteroatoms. The number of nitrogens with zero attached hydrogens (tertiary/aromatic N) is 1. The second-order valence-electron chi connectivity index (χ2n) is 6.33. The molecule has 4 N–H and O–H groups in total. The lowest BCUT2D eigenvalue weighted by Gasteiger charge is -2.22. The van der Waals surface area contributed by atoms with Gasteiger partial charge in [0.2, 0.25) is 10.0 Å². The van der Waals surface area contributed by atoms with Crippen LogP contribution in [0.2, 0.25) is 0 Å². The summed E-state index contributed by atoms with van der Waals surface area (Å²) in [5.41, 5.74) is 0.0234. The van der Waals surface area contributed by atoms with Crippen molar-refractivity contribution in [2.75, 3.05) is 24.1 Å². The average Bonchev–Trinajstić information content (AvgIpc) is 3.13. The molecule has 0 saturated heterocycles. The van der Waals surface area contributed by atoms with Gasteiger partial charge in [0, 0.05) is 6.54 Å². The minimum Gasteiger partial charge on any atom is -0.466 e. The first kappa shape index (κ1) is 20.8. The number of para-hydroxylation sites is 1. The number of benzene rings is 1. The van der Waals surface area contributed by atoms with E-state index in [4.69, 9.17) is 4.42 Å². The van der Waals surface area contributed by atoms with E-state index in [1.54, 1.807) is 37.3 Å². The molecule has 1 unspecified atom stereocenters. The number of aliphatic imine (C=N–C) groups is 1. The number of anilines is 1. The van der Waals surface area contributed by atoms with Gasteiger partial charge in [0.25, 0.3) is 0 Å². The van der Waals surface area contributed by atoms with Gasteiger partial charge >= 0.3 is 0 Å². The van der Waals surface area contributed by atoms with Crippen molar-refractivity contribution in [3.05, 3.63) is 54.0 Å². The molecule has 8 nitrogen and oxygen atoms in total. The zero-order valence-electron chi connectivity index (χ0n) is 15.7. The van der Waals surface area contributed by atoms with Crippen LogP contribution in [-0.2, 0) is 22.2 Å². The number of aliphatic hydroxyl groups is 1. The average molecular weight is 394 g/mol. The van der Waals surface area contributed by atoms with Crippen molar-refractivity contribution in [1.82, 2.24) is 10.6 Å². The van der Waals surface area contributed by atoms with Crippen molar-refractivity contribution in [2.45, 2.75) is 26.0 Å². The van der Waals surface area contributed by atoms with E-state index in [0.717, 1.165) is 11.8 Å². The number of nitrogens with one attached hydrogen (secondary N) is 3. The summed E-state index contributed by atoms with van der Waals surface area (Å²) in [6, 6.07) is 10.5. The largest absolute Gasteiger partial charge is 0.466 e. The molecular formula is C18H26N4O4S. The highest BCUT2D eigenvalue weighted by Crippen LogP contribution is 2.20. The molecule has 0 aliphatic carbocycles. The van der Waals surface area contributed by atoms with Crippen molar-refractivity contribution in [1.29, 1.82) is 0 Å². The molecule has 0 aliphatic rings. The summed E-state index contributed by atoms with van der Waals surface area (Å²) in [5, 5.41) is 16.7. The molecule has 1 heterocycles. The van der Waals surface area contributed by atoms with Crippen LogP contribution >= 0.6 is 0 Å². The van der Waals surface area contributed by atoms with Crippen LogP contribution in [0.4, 0.5) is 5.69 Å². The molecule has 1 aromatic heterocycles. The van der Waals surface area contributed by atoms with E-state index in [1.165, 1.54) is 6.26 Å². The number of rotatable bonds is 8. The second kappa shape index (κ2) is 8.92. The first-order valence-electron chi connectivity index (χ1n) is 8.55. The third-order valence-corrected chi connectivity index (χ3v) is 4.31. The zero-order chi connectivity index (χ0) is 19.9. The molecule has 0 spiro atoms. The molecule has 2 aromatic rings. The van der Waals surface area contributed by atoms with Crippen molar-refractivity contribution in [3.8, 4) is 0 Å². The van der Waals surface area contributed by atoms with E-state index >= 15 is 0 Å². The van der Waals surface area contributed by atoms with Gasteiger partial charge in [0.1, 0.15) is 11.4 Å². The maximum atomic E-state index is 11.5. The predicted molar refractivity (Wildman–Crippen MR) is 106 cm³/mol. The highest BCUT2D eigenvalue weighted by Gasteiger charge is 2.26. The first-order chi connectivity index (χ1) is 12.7. The fraction of sp³-hybridized carbons (Fsp3) is 0.389. The van der Waals surface area contributed by atoms with Crippen molar-refractivity contribution < 1.29 is 17.9 Å². The van der Waals surface area contributed by atoms with Crippen LogP contribution < -0.4 is 15.4 Å². The van der Waals surface area contributed by atoms with Crippen molar-refractivity contribution >= 4 is 21.7 Å². The maximum absolute atomic E-state index is 11.5. The Kier molecular flexibility index (Phi) is 6.86. The molecule has 148 valence electrons. The van der Waals surface area contributed by atoms with Crippen LogP contribution in [0, 0.1) is 0 Å².